The van der Waals surface area contributed by atoms with Crippen LogP contribution in [0.25, 0.3) is 0 Å². The number of nitrogens with one attached hydrogen (secondary N) is 2. The Bertz CT molecular complexity index is 530. The van der Waals surface area contributed by atoms with E-state index in [0.29, 0.717) is 0 Å². The van der Waals surface area contributed by atoms with Crippen LogP contribution in [0.5, 0.6) is 0 Å². The average molecular weight is 307 g/mol. The maximum absolute atomic E-state index is 13.9. The highest BCUT2D eigenvalue weighted by molar-refractivity contribution is 5.79. The van der Waals surface area contributed by atoms with Gasteiger partial charge in [-0.15, -0.1) is 0 Å². The van der Waals surface area contributed by atoms with Crippen LogP contribution < -0.4 is 16.4 Å². The van der Waals surface area contributed by atoms with E-state index in [2.05, 4.69) is 10.6 Å². The third-order valence-corrected chi connectivity index (χ3v) is 3.96. The summed E-state index contributed by atoms with van der Waals surface area (Å²) in [5, 5.41) is 5.40. The van der Waals surface area contributed by atoms with Gasteiger partial charge in [0.25, 0.3) is 0 Å². The second-order valence-electron chi connectivity index (χ2n) is 5.69. The molecule has 4 N–H and O–H groups in total. The number of benzene rings is 1. The maximum Gasteiger partial charge on any atom is 0.312 e. The molecule has 120 valence electrons. The van der Waals surface area contributed by atoms with Crippen LogP contribution >= 0.6 is 0 Å². The molecule has 6 heteroatoms. The molecule has 0 saturated heterocycles. The van der Waals surface area contributed by atoms with Crippen molar-refractivity contribution < 1.29 is 14.0 Å². The molecule has 1 aliphatic rings. The Labute approximate surface area is 129 Å². The number of carbonyl (C=O) groups excluding carboxylic acids is 2. The molecule has 0 aliphatic heterocycles. The van der Waals surface area contributed by atoms with E-state index in [9.17, 15) is 14.0 Å². The van der Waals surface area contributed by atoms with E-state index in [-0.39, 0.29) is 23.9 Å². The molecule has 0 bridgehead atoms. The molecule has 1 fully saturated rings. The lowest BCUT2D eigenvalue weighted by Gasteiger charge is -2.24. The Morgan fingerprint density at radius 3 is 2.55 bits per heavy atom. The Morgan fingerprint density at radius 2 is 1.91 bits per heavy atom. The van der Waals surface area contributed by atoms with Crippen molar-refractivity contribution >= 4 is 11.9 Å². The summed E-state index contributed by atoms with van der Waals surface area (Å²) in [6, 6.07) is 4.70. The van der Waals surface area contributed by atoms with Gasteiger partial charge in [-0.3, -0.25) is 4.79 Å². The second-order valence-corrected chi connectivity index (χ2v) is 5.69. The molecule has 1 aromatic carbocycles. The van der Waals surface area contributed by atoms with E-state index >= 15 is 0 Å². The van der Waals surface area contributed by atoms with Gasteiger partial charge in [0.15, 0.2) is 0 Å². The molecule has 5 nitrogen and oxygen atoms in total. The number of rotatable bonds is 5. The van der Waals surface area contributed by atoms with Crippen molar-refractivity contribution in [1.82, 2.24) is 10.6 Å². The van der Waals surface area contributed by atoms with Crippen molar-refractivity contribution in [2.75, 3.05) is 0 Å². The molecular formula is C16H22FN3O2. The van der Waals surface area contributed by atoms with Crippen molar-refractivity contribution in [2.24, 2.45) is 5.73 Å². The van der Waals surface area contributed by atoms with Crippen LogP contribution in [-0.4, -0.2) is 18.0 Å². The fourth-order valence-electron chi connectivity index (χ4n) is 2.89. The zero-order valence-electron chi connectivity index (χ0n) is 12.5. The van der Waals surface area contributed by atoms with E-state index in [0.717, 1.165) is 25.7 Å². The van der Waals surface area contributed by atoms with Crippen LogP contribution in [0.2, 0.25) is 0 Å². The van der Waals surface area contributed by atoms with Gasteiger partial charge in [0.2, 0.25) is 5.91 Å². The fraction of sp³-hybridized carbons (Fsp3) is 0.500. The monoisotopic (exact) mass is 307 g/mol. The number of hydrogen-bond donors (Lipinski definition) is 3. The summed E-state index contributed by atoms with van der Waals surface area (Å²) >= 11 is 0. The molecular weight excluding hydrogens is 285 g/mol. The highest BCUT2D eigenvalue weighted by Crippen LogP contribution is 2.21. The lowest BCUT2D eigenvalue weighted by atomic mass is 9.95. The molecule has 0 heterocycles. The summed E-state index contributed by atoms with van der Waals surface area (Å²) in [6.07, 6.45) is 5.34. The van der Waals surface area contributed by atoms with Gasteiger partial charge in [-0.1, -0.05) is 37.5 Å². The summed E-state index contributed by atoms with van der Waals surface area (Å²) < 4.78 is 13.9. The van der Waals surface area contributed by atoms with Crippen LogP contribution in [0, 0.1) is 5.82 Å². The maximum atomic E-state index is 13.9. The minimum absolute atomic E-state index is 0.0274. The van der Waals surface area contributed by atoms with Crippen LogP contribution in [0.15, 0.2) is 24.3 Å². The first kappa shape index (κ1) is 16.3. The fourth-order valence-corrected chi connectivity index (χ4v) is 2.89. The second kappa shape index (κ2) is 7.77. The number of primary amides is 1. The minimum atomic E-state index is -0.779. The summed E-state index contributed by atoms with van der Waals surface area (Å²) in [4.78, 5) is 23.3. The zero-order valence-corrected chi connectivity index (χ0v) is 12.5. The quantitative estimate of drug-likeness (QED) is 0.780. The SMILES string of the molecule is NC(=O)N[C@@H](CC(=O)NC1CCCCC1)c1ccccc1F. The lowest BCUT2D eigenvalue weighted by molar-refractivity contribution is -0.122. The number of hydrogen-bond acceptors (Lipinski definition) is 2. The zero-order chi connectivity index (χ0) is 15.9. The van der Waals surface area contributed by atoms with E-state index in [1.807, 2.05) is 0 Å². The molecule has 0 unspecified atom stereocenters. The smallest absolute Gasteiger partial charge is 0.312 e. The molecule has 3 amide bonds. The standard InChI is InChI=1S/C16H22FN3O2/c17-13-9-5-4-8-12(13)14(20-16(18)22)10-15(21)19-11-6-2-1-3-7-11/h4-5,8-9,11,14H,1-3,6-7,10H2,(H,19,21)(H3,18,20,22)/t14-/m0/s1. The predicted molar refractivity (Wildman–Crippen MR) is 81.5 cm³/mol. The van der Waals surface area contributed by atoms with E-state index in [1.165, 1.54) is 12.5 Å². The molecule has 0 spiro atoms. The number of amides is 3. The van der Waals surface area contributed by atoms with Crippen molar-refractivity contribution in [1.29, 1.82) is 0 Å². The van der Waals surface area contributed by atoms with Gasteiger partial charge in [0, 0.05) is 11.6 Å². The van der Waals surface area contributed by atoms with Gasteiger partial charge in [-0.05, 0) is 18.9 Å². The summed E-state index contributed by atoms with van der Waals surface area (Å²) in [5.74, 6) is -0.666. The molecule has 22 heavy (non-hydrogen) atoms. The minimum Gasteiger partial charge on any atom is -0.353 e. The summed E-state index contributed by atoms with van der Waals surface area (Å²) in [5.41, 5.74) is 5.40. The van der Waals surface area contributed by atoms with Gasteiger partial charge in [0.05, 0.1) is 12.5 Å². The van der Waals surface area contributed by atoms with Crippen LogP contribution in [0.4, 0.5) is 9.18 Å². The summed E-state index contributed by atoms with van der Waals surface area (Å²) in [7, 11) is 0. The number of urea groups is 1. The van der Waals surface area contributed by atoms with Crippen molar-refractivity contribution in [3.63, 3.8) is 0 Å². The Balaban J connectivity index is 2.01. The van der Waals surface area contributed by atoms with Gasteiger partial charge < -0.3 is 16.4 Å². The van der Waals surface area contributed by atoms with Gasteiger partial charge in [-0.25, -0.2) is 9.18 Å². The van der Waals surface area contributed by atoms with Crippen LogP contribution in [0.1, 0.15) is 50.1 Å². The van der Waals surface area contributed by atoms with Crippen molar-refractivity contribution in [3.8, 4) is 0 Å². The number of nitrogens with two attached hydrogens (primary N) is 1. The Hall–Kier alpha value is -2.11. The Morgan fingerprint density at radius 1 is 1.23 bits per heavy atom. The van der Waals surface area contributed by atoms with Crippen molar-refractivity contribution in [3.05, 3.63) is 35.6 Å². The first-order valence-corrected chi connectivity index (χ1v) is 7.66. The van der Waals surface area contributed by atoms with Gasteiger partial charge in [-0.2, -0.15) is 0 Å². The van der Waals surface area contributed by atoms with Crippen LogP contribution in [0.3, 0.4) is 0 Å². The predicted octanol–water partition coefficient (Wildman–Crippen LogP) is 2.37. The number of halogens is 1. The molecule has 1 atom stereocenters. The van der Waals surface area contributed by atoms with E-state index < -0.39 is 17.9 Å². The van der Waals surface area contributed by atoms with Crippen LogP contribution in [-0.2, 0) is 4.79 Å². The summed E-state index contributed by atoms with van der Waals surface area (Å²) in [6.45, 7) is 0. The molecule has 1 aliphatic carbocycles. The topological polar surface area (TPSA) is 84.2 Å². The average Bonchev–Trinajstić information content (AvgIpc) is 2.47. The molecule has 2 rings (SSSR count). The number of carbonyl (C=O) groups is 2. The molecule has 1 saturated carbocycles. The highest BCUT2D eigenvalue weighted by atomic mass is 19.1. The van der Waals surface area contributed by atoms with Crippen molar-refractivity contribution in [2.45, 2.75) is 50.6 Å². The molecule has 0 radical (unpaired) electrons. The normalized spacial score (nSPS) is 16.8. The first-order valence-electron chi connectivity index (χ1n) is 7.66. The first-order chi connectivity index (χ1) is 10.6. The largest absolute Gasteiger partial charge is 0.353 e. The third kappa shape index (κ3) is 4.72. The van der Waals surface area contributed by atoms with E-state index in [4.69, 9.17) is 5.73 Å². The molecule has 0 aromatic heterocycles. The van der Waals surface area contributed by atoms with Gasteiger partial charge >= 0.3 is 6.03 Å². The molecule has 1 aromatic rings. The Kier molecular flexibility index (Phi) is 5.75. The lowest BCUT2D eigenvalue weighted by Crippen LogP contribution is -2.40. The highest BCUT2D eigenvalue weighted by Gasteiger charge is 2.22. The third-order valence-electron chi connectivity index (χ3n) is 3.96. The van der Waals surface area contributed by atoms with E-state index in [1.54, 1.807) is 18.2 Å². The van der Waals surface area contributed by atoms with Gasteiger partial charge in [0.1, 0.15) is 5.82 Å².